The van der Waals surface area contributed by atoms with Crippen LogP contribution in [0.2, 0.25) is 0 Å². The first-order valence-electron chi connectivity index (χ1n) is 6.18. The lowest BCUT2D eigenvalue weighted by Crippen LogP contribution is -2.37. The lowest BCUT2D eigenvalue weighted by atomic mass is 10.1. The number of amides is 1. The summed E-state index contributed by atoms with van der Waals surface area (Å²) in [5.41, 5.74) is 1.35. The molecule has 0 radical (unpaired) electrons. The quantitative estimate of drug-likeness (QED) is 0.862. The molecule has 1 aromatic heterocycles. The molecule has 1 aliphatic rings. The smallest absolute Gasteiger partial charge is 0.261 e. The van der Waals surface area contributed by atoms with Gasteiger partial charge in [0, 0.05) is 22.6 Å². The van der Waals surface area contributed by atoms with Crippen LogP contribution in [0.5, 0.6) is 0 Å². The Labute approximate surface area is 121 Å². The third-order valence-corrected chi connectivity index (χ3v) is 6.04. The first-order chi connectivity index (χ1) is 8.61. The van der Waals surface area contributed by atoms with E-state index >= 15 is 0 Å². The largest absolute Gasteiger partial charge is 0.349 e. The zero-order valence-corrected chi connectivity index (χ0v) is 13.1. The van der Waals surface area contributed by atoms with E-state index in [0.717, 1.165) is 17.1 Å². The van der Waals surface area contributed by atoms with E-state index in [-0.39, 0.29) is 11.9 Å². The van der Waals surface area contributed by atoms with Crippen LogP contribution < -0.4 is 5.32 Å². The SMILES string of the molecule is CC(CCl)C(C)NC(=O)c1cc2c(s1)CCSC2. The molecule has 0 aromatic carbocycles. The summed E-state index contributed by atoms with van der Waals surface area (Å²) in [4.78, 5) is 14.4. The average molecular weight is 304 g/mol. The Bertz CT molecular complexity index is 409. The van der Waals surface area contributed by atoms with Gasteiger partial charge in [0.25, 0.3) is 5.91 Å². The van der Waals surface area contributed by atoms with Crippen molar-refractivity contribution < 1.29 is 4.79 Å². The van der Waals surface area contributed by atoms with Crippen molar-refractivity contribution in [1.82, 2.24) is 5.32 Å². The van der Waals surface area contributed by atoms with Gasteiger partial charge in [0.15, 0.2) is 0 Å². The minimum absolute atomic E-state index is 0.0452. The van der Waals surface area contributed by atoms with E-state index in [4.69, 9.17) is 11.6 Å². The van der Waals surface area contributed by atoms with Crippen LogP contribution in [-0.2, 0) is 12.2 Å². The average Bonchev–Trinajstić information content (AvgIpc) is 2.81. The van der Waals surface area contributed by atoms with Crippen LogP contribution in [-0.4, -0.2) is 23.6 Å². The fraction of sp³-hybridized carbons (Fsp3) is 0.615. The highest BCUT2D eigenvalue weighted by Gasteiger charge is 2.20. The van der Waals surface area contributed by atoms with Crippen LogP contribution in [0.25, 0.3) is 0 Å². The minimum atomic E-state index is 0.0452. The van der Waals surface area contributed by atoms with Gasteiger partial charge in [-0.1, -0.05) is 6.92 Å². The molecule has 2 unspecified atom stereocenters. The Morgan fingerprint density at radius 3 is 3.00 bits per heavy atom. The zero-order valence-electron chi connectivity index (χ0n) is 10.7. The van der Waals surface area contributed by atoms with Crippen LogP contribution in [0.4, 0.5) is 0 Å². The number of thioether (sulfide) groups is 1. The van der Waals surface area contributed by atoms with Gasteiger partial charge in [-0.3, -0.25) is 4.79 Å². The Kier molecular flexibility index (Phi) is 4.98. The second kappa shape index (κ2) is 6.31. The van der Waals surface area contributed by atoms with Gasteiger partial charge in [-0.05, 0) is 36.6 Å². The number of hydrogen-bond donors (Lipinski definition) is 1. The molecule has 1 N–H and O–H groups in total. The van der Waals surface area contributed by atoms with E-state index in [1.807, 2.05) is 25.6 Å². The summed E-state index contributed by atoms with van der Waals surface area (Å²) >= 11 is 9.40. The van der Waals surface area contributed by atoms with Crippen molar-refractivity contribution in [3.05, 3.63) is 21.4 Å². The van der Waals surface area contributed by atoms with E-state index in [1.54, 1.807) is 11.3 Å². The number of nitrogens with one attached hydrogen (secondary N) is 1. The molecule has 2 rings (SSSR count). The molecule has 2 atom stereocenters. The second-order valence-electron chi connectivity index (χ2n) is 4.76. The van der Waals surface area contributed by atoms with E-state index in [1.165, 1.54) is 16.2 Å². The van der Waals surface area contributed by atoms with Crippen molar-refractivity contribution in [3.63, 3.8) is 0 Å². The Hall–Kier alpha value is -0.190. The minimum Gasteiger partial charge on any atom is -0.349 e. The van der Waals surface area contributed by atoms with Crippen LogP contribution in [0, 0.1) is 5.92 Å². The van der Waals surface area contributed by atoms with Gasteiger partial charge in [0.1, 0.15) is 0 Å². The summed E-state index contributed by atoms with van der Waals surface area (Å²) in [7, 11) is 0. The molecule has 0 spiro atoms. The summed E-state index contributed by atoms with van der Waals surface area (Å²) in [6, 6.07) is 2.17. The monoisotopic (exact) mass is 303 g/mol. The van der Waals surface area contributed by atoms with Gasteiger partial charge in [-0.15, -0.1) is 22.9 Å². The number of hydrogen-bond acceptors (Lipinski definition) is 3. The number of rotatable bonds is 4. The lowest BCUT2D eigenvalue weighted by Gasteiger charge is -2.18. The topological polar surface area (TPSA) is 29.1 Å². The van der Waals surface area contributed by atoms with E-state index in [2.05, 4.69) is 11.4 Å². The van der Waals surface area contributed by atoms with Gasteiger partial charge < -0.3 is 5.32 Å². The third-order valence-electron chi connectivity index (χ3n) is 3.31. The maximum absolute atomic E-state index is 12.1. The maximum Gasteiger partial charge on any atom is 0.261 e. The Morgan fingerprint density at radius 2 is 2.33 bits per heavy atom. The van der Waals surface area contributed by atoms with Gasteiger partial charge in [0.05, 0.1) is 4.88 Å². The van der Waals surface area contributed by atoms with Crippen LogP contribution >= 0.6 is 34.7 Å². The van der Waals surface area contributed by atoms with E-state index < -0.39 is 0 Å². The van der Waals surface area contributed by atoms with Crippen LogP contribution in [0.3, 0.4) is 0 Å². The first kappa shape index (κ1) is 14.2. The van der Waals surface area contributed by atoms with Gasteiger partial charge in [-0.25, -0.2) is 0 Å². The summed E-state index contributed by atoms with van der Waals surface area (Å²) in [5.74, 6) is 3.13. The molecule has 100 valence electrons. The summed E-state index contributed by atoms with van der Waals surface area (Å²) in [6.45, 7) is 4.06. The molecule has 0 saturated heterocycles. The highest BCUT2D eigenvalue weighted by Crippen LogP contribution is 2.31. The summed E-state index contributed by atoms with van der Waals surface area (Å²) in [6.07, 6.45) is 1.10. The van der Waals surface area contributed by atoms with E-state index in [9.17, 15) is 4.79 Å². The van der Waals surface area contributed by atoms with Crippen LogP contribution in [0.1, 0.15) is 34.0 Å². The molecule has 0 bridgehead atoms. The standard InChI is InChI=1S/C13H18ClNOS2/c1-8(6-14)9(2)15-13(16)12-5-10-7-17-4-3-11(10)18-12/h5,8-9H,3-4,6-7H2,1-2H3,(H,15,16). The molecule has 18 heavy (non-hydrogen) atoms. The molecule has 2 heterocycles. The normalized spacial score (nSPS) is 17.9. The molecule has 0 fully saturated rings. The third kappa shape index (κ3) is 3.22. The van der Waals surface area contributed by atoms with Crippen molar-refractivity contribution in [2.45, 2.75) is 32.1 Å². The molecule has 1 aliphatic heterocycles. The number of fused-ring (bicyclic) bond motifs is 1. The zero-order chi connectivity index (χ0) is 13.1. The van der Waals surface area contributed by atoms with Gasteiger partial charge >= 0.3 is 0 Å². The lowest BCUT2D eigenvalue weighted by molar-refractivity contribution is 0.0935. The van der Waals surface area contributed by atoms with Crippen molar-refractivity contribution in [3.8, 4) is 0 Å². The number of carbonyl (C=O) groups is 1. The van der Waals surface area contributed by atoms with Gasteiger partial charge in [-0.2, -0.15) is 11.8 Å². The molecular weight excluding hydrogens is 286 g/mol. The summed E-state index contributed by atoms with van der Waals surface area (Å²) < 4.78 is 0. The molecule has 1 amide bonds. The van der Waals surface area contributed by atoms with Gasteiger partial charge in [0.2, 0.25) is 0 Å². The Balaban J connectivity index is 2.03. The first-order valence-corrected chi connectivity index (χ1v) is 8.68. The highest BCUT2D eigenvalue weighted by molar-refractivity contribution is 7.98. The number of carbonyl (C=O) groups excluding carboxylic acids is 1. The summed E-state index contributed by atoms with van der Waals surface area (Å²) in [5, 5.41) is 3.04. The fourth-order valence-electron chi connectivity index (χ4n) is 1.81. The number of aryl methyl sites for hydroxylation is 1. The molecule has 5 heteroatoms. The van der Waals surface area contributed by atoms with Crippen LogP contribution in [0.15, 0.2) is 6.07 Å². The van der Waals surface area contributed by atoms with E-state index in [0.29, 0.717) is 11.8 Å². The molecule has 2 nitrogen and oxygen atoms in total. The fourth-order valence-corrected chi connectivity index (χ4v) is 4.36. The Morgan fingerprint density at radius 1 is 1.56 bits per heavy atom. The van der Waals surface area contributed by atoms with Crippen molar-refractivity contribution in [1.29, 1.82) is 0 Å². The predicted octanol–water partition coefficient (Wildman–Crippen LogP) is 3.53. The van der Waals surface area contributed by atoms with Crippen molar-refractivity contribution in [2.75, 3.05) is 11.6 Å². The van der Waals surface area contributed by atoms with Crippen molar-refractivity contribution in [2.24, 2.45) is 5.92 Å². The van der Waals surface area contributed by atoms with Crippen molar-refractivity contribution >= 4 is 40.6 Å². The predicted molar refractivity (Wildman–Crippen MR) is 81.0 cm³/mol. The molecule has 0 aliphatic carbocycles. The molecule has 0 saturated carbocycles. The second-order valence-corrected chi connectivity index (χ2v) is 7.31. The molecule has 1 aromatic rings. The number of alkyl halides is 1. The maximum atomic E-state index is 12.1. The molecular formula is C13H18ClNOS2. The highest BCUT2D eigenvalue weighted by atomic mass is 35.5. The number of halogens is 1. The number of thiophene rings is 1.